The van der Waals surface area contributed by atoms with E-state index in [4.69, 9.17) is 0 Å². The number of nitrogens with zero attached hydrogens (tertiary/aromatic N) is 2. The first-order valence-electron chi connectivity index (χ1n) is 16.2. The van der Waals surface area contributed by atoms with E-state index in [1.165, 1.54) is 19.3 Å². The molecule has 2 heterocycles. The number of aliphatic hydroxyl groups excluding tert-OH is 2. The summed E-state index contributed by atoms with van der Waals surface area (Å²) in [6, 6.07) is 1.59. The van der Waals surface area contributed by atoms with Crippen molar-refractivity contribution in [3.05, 3.63) is 11.8 Å². The normalized spacial score (nSPS) is 44.0. The maximum Gasteiger partial charge on any atom is 0.225 e. The molecular weight excluding hydrogens is 538 g/mol. The molecule has 9 heteroatoms. The highest BCUT2D eigenvalue weighted by atomic mass is 32.2. The number of anilines is 1. The average Bonchev–Trinajstić information content (AvgIpc) is 3.58. The highest BCUT2D eigenvalue weighted by Crippen LogP contribution is 2.68. The van der Waals surface area contributed by atoms with Crippen molar-refractivity contribution >= 4 is 21.6 Å². The summed E-state index contributed by atoms with van der Waals surface area (Å²) in [6.07, 6.45) is 9.73. The monoisotopic (exact) mass is 589 g/mol. The molecule has 5 fully saturated rings. The Hall–Kier alpha value is -1.45. The summed E-state index contributed by atoms with van der Waals surface area (Å²) >= 11 is 0. The SMILES string of the molecule is Cc1cc(NC(=O)CC[C@@H](C)[C@@H]2CC[C@@H]3[C@@H]4CC[C@H]5C[C@H](O)CC[C@]5(C)[C@@H]4C[C@H](O)[C@@]32C)n([C@H]2CCS(=O)(=O)C2)n1. The molecule has 1 aromatic rings. The number of aryl methyl sites for hydroxylation is 1. The van der Waals surface area contributed by atoms with Crippen molar-refractivity contribution < 1.29 is 23.4 Å². The minimum atomic E-state index is -3.05. The van der Waals surface area contributed by atoms with Crippen LogP contribution in [0.15, 0.2) is 6.07 Å². The highest BCUT2D eigenvalue weighted by molar-refractivity contribution is 7.91. The van der Waals surface area contributed by atoms with Crippen LogP contribution in [0.5, 0.6) is 0 Å². The lowest BCUT2D eigenvalue weighted by molar-refractivity contribution is -0.174. The molecule has 0 spiro atoms. The molecule has 1 saturated heterocycles. The van der Waals surface area contributed by atoms with E-state index in [2.05, 4.69) is 31.2 Å². The van der Waals surface area contributed by atoms with E-state index in [1.54, 1.807) is 4.68 Å². The summed E-state index contributed by atoms with van der Waals surface area (Å²) in [6.45, 7) is 8.94. The quantitative estimate of drug-likeness (QED) is 0.434. The summed E-state index contributed by atoms with van der Waals surface area (Å²) in [4.78, 5) is 13.1. The number of rotatable bonds is 6. The second kappa shape index (κ2) is 10.6. The lowest BCUT2D eigenvalue weighted by atomic mass is 9.43. The molecule has 3 N–H and O–H groups in total. The van der Waals surface area contributed by atoms with Crippen LogP contribution in [0.25, 0.3) is 0 Å². The van der Waals surface area contributed by atoms with Crippen LogP contribution in [0.4, 0.5) is 5.82 Å². The van der Waals surface area contributed by atoms with E-state index >= 15 is 0 Å². The first-order valence-corrected chi connectivity index (χ1v) is 18.1. The van der Waals surface area contributed by atoms with Crippen molar-refractivity contribution in [2.24, 2.45) is 46.3 Å². The Morgan fingerprint density at radius 2 is 1.90 bits per heavy atom. The van der Waals surface area contributed by atoms with E-state index in [0.717, 1.165) is 44.2 Å². The van der Waals surface area contributed by atoms with Crippen LogP contribution in [-0.4, -0.2) is 58.0 Å². The molecule has 1 aromatic heterocycles. The number of aliphatic hydroxyl groups is 2. The van der Waals surface area contributed by atoms with Crippen molar-refractivity contribution in [1.29, 1.82) is 0 Å². The van der Waals surface area contributed by atoms with Crippen LogP contribution in [0.3, 0.4) is 0 Å². The largest absolute Gasteiger partial charge is 0.393 e. The van der Waals surface area contributed by atoms with Gasteiger partial charge in [-0.15, -0.1) is 0 Å². The van der Waals surface area contributed by atoms with Gasteiger partial charge in [0.2, 0.25) is 5.91 Å². The van der Waals surface area contributed by atoms with Gasteiger partial charge in [0.25, 0.3) is 0 Å². The molecule has 230 valence electrons. The number of hydrogen-bond donors (Lipinski definition) is 3. The molecule has 1 amide bonds. The first kappa shape index (κ1) is 29.6. The van der Waals surface area contributed by atoms with Crippen LogP contribution >= 0.6 is 0 Å². The van der Waals surface area contributed by atoms with Gasteiger partial charge in [0.15, 0.2) is 9.84 Å². The molecular formula is C32H51N3O5S. The molecule has 0 bridgehead atoms. The molecule has 1 aliphatic heterocycles. The molecule has 4 aliphatic carbocycles. The van der Waals surface area contributed by atoms with E-state index < -0.39 is 9.84 Å². The van der Waals surface area contributed by atoms with Gasteiger partial charge in [-0.3, -0.25) is 4.79 Å². The predicted octanol–water partition coefficient (Wildman–Crippen LogP) is 4.90. The molecule has 41 heavy (non-hydrogen) atoms. The van der Waals surface area contributed by atoms with Crippen LogP contribution in [-0.2, 0) is 14.6 Å². The van der Waals surface area contributed by atoms with Crippen molar-refractivity contribution in [2.45, 2.75) is 117 Å². The van der Waals surface area contributed by atoms with Crippen molar-refractivity contribution in [3.63, 3.8) is 0 Å². The van der Waals surface area contributed by atoms with Gasteiger partial charge in [0, 0.05) is 12.5 Å². The maximum atomic E-state index is 13.1. The minimum Gasteiger partial charge on any atom is -0.393 e. The molecule has 0 radical (unpaired) electrons. The van der Waals surface area contributed by atoms with Crippen molar-refractivity contribution in [1.82, 2.24) is 9.78 Å². The van der Waals surface area contributed by atoms with Crippen LogP contribution in [0.1, 0.15) is 103 Å². The van der Waals surface area contributed by atoms with Gasteiger partial charge in [-0.25, -0.2) is 13.1 Å². The number of hydrogen-bond acceptors (Lipinski definition) is 6. The standard InChI is InChI=1S/C32H51N3O5S/c1-19(5-10-30(38)33-29-15-20(2)34-35(29)22-12-14-41(39,40)18-22)25-8-9-26-24-7-6-21-16-23(36)11-13-31(21,3)27(24)17-28(37)32(25,26)4/h15,19,21-28,36-37H,5-14,16-18H2,1-4H3,(H,33,38)/t19-,21+,22+,23-,24+,25+,26-,27-,28+,31+,32-/m1/s1. The van der Waals surface area contributed by atoms with E-state index in [0.29, 0.717) is 54.2 Å². The molecule has 4 saturated carbocycles. The van der Waals surface area contributed by atoms with E-state index in [-0.39, 0.29) is 46.5 Å². The number of carbonyl (C=O) groups is 1. The summed E-state index contributed by atoms with van der Waals surface area (Å²) in [5.74, 6) is 3.79. The fourth-order valence-electron chi connectivity index (χ4n) is 10.8. The minimum absolute atomic E-state index is 0.0615. The Balaban J connectivity index is 1.10. The Labute approximate surface area is 246 Å². The smallest absolute Gasteiger partial charge is 0.225 e. The van der Waals surface area contributed by atoms with Gasteiger partial charge in [0.1, 0.15) is 5.82 Å². The van der Waals surface area contributed by atoms with Crippen molar-refractivity contribution in [3.8, 4) is 0 Å². The fraction of sp³-hybridized carbons (Fsp3) is 0.875. The molecule has 11 atom stereocenters. The topological polar surface area (TPSA) is 122 Å². The third-order valence-corrected chi connectivity index (χ3v) is 14.8. The summed E-state index contributed by atoms with van der Waals surface area (Å²) in [5.41, 5.74) is 0.887. The zero-order valence-electron chi connectivity index (χ0n) is 25.4. The van der Waals surface area contributed by atoms with Crippen LogP contribution in [0.2, 0.25) is 0 Å². The van der Waals surface area contributed by atoms with E-state index in [9.17, 15) is 23.4 Å². The summed E-state index contributed by atoms with van der Waals surface area (Å²) in [7, 11) is -3.05. The molecule has 0 unspecified atom stereocenters. The van der Waals surface area contributed by atoms with E-state index in [1.807, 2.05) is 13.0 Å². The van der Waals surface area contributed by atoms with Gasteiger partial charge in [0.05, 0.1) is 35.4 Å². The fourth-order valence-corrected chi connectivity index (χ4v) is 12.5. The Morgan fingerprint density at radius 1 is 1.12 bits per heavy atom. The molecule has 8 nitrogen and oxygen atoms in total. The number of fused-ring (bicyclic) bond motifs is 5. The Bertz CT molecular complexity index is 1260. The molecule has 0 aromatic carbocycles. The summed E-state index contributed by atoms with van der Waals surface area (Å²) in [5, 5.41) is 29.7. The zero-order valence-corrected chi connectivity index (χ0v) is 26.2. The lowest BCUT2D eigenvalue weighted by Crippen LogP contribution is -2.58. The number of sulfone groups is 1. The van der Waals surface area contributed by atoms with Gasteiger partial charge in [-0.05, 0) is 117 Å². The average molecular weight is 590 g/mol. The second-order valence-corrected chi connectivity index (χ2v) is 17.4. The van der Waals surface area contributed by atoms with Gasteiger partial charge < -0.3 is 15.5 Å². The number of carbonyl (C=O) groups excluding carboxylic acids is 1. The number of aromatic nitrogens is 2. The highest BCUT2D eigenvalue weighted by Gasteiger charge is 2.63. The van der Waals surface area contributed by atoms with Crippen LogP contribution < -0.4 is 5.32 Å². The van der Waals surface area contributed by atoms with Gasteiger partial charge in [-0.2, -0.15) is 5.10 Å². The number of nitrogens with one attached hydrogen (secondary N) is 1. The maximum absolute atomic E-state index is 13.1. The molecule has 5 aliphatic rings. The second-order valence-electron chi connectivity index (χ2n) is 15.1. The number of amides is 1. The third kappa shape index (κ3) is 5.09. The van der Waals surface area contributed by atoms with Gasteiger partial charge >= 0.3 is 0 Å². The Morgan fingerprint density at radius 3 is 2.63 bits per heavy atom. The predicted molar refractivity (Wildman–Crippen MR) is 159 cm³/mol. The zero-order chi connectivity index (χ0) is 29.3. The first-order chi connectivity index (χ1) is 19.3. The van der Waals surface area contributed by atoms with Gasteiger partial charge in [-0.1, -0.05) is 20.8 Å². The Kier molecular flexibility index (Phi) is 7.67. The van der Waals surface area contributed by atoms with Crippen LogP contribution in [0, 0.1) is 53.3 Å². The molecule has 6 rings (SSSR count). The summed E-state index contributed by atoms with van der Waals surface area (Å²) < 4.78 is 25.7. The van der Waals surface area contributed by atoms with Crippen molar-refractivity contribution in [2.75, 3.05) is 16.8 Å². The third-order valence-electron chi connectivity index (χ3n) is 13.0. The lowest BCUT2D eigenvalue weighted by Gasteiger charge is -2.62.